The molecule has 1 atom stereocenters. The number of benzene rings is 2. The van der Waals surface area contributed by atoms with Gasteiger partial charge in [-0.2, -0.15) is 5.26 Å². The lowest BCUT2D eigenvalue weighted by Gasteiger charge is -2.24. The van der Waals surface area contributed by atoms with Crippen LogP contribution in [0.4, 0.5) is 4.39 Å². The van der Waals surface area contributed by atoms with Crippen LogP contribution in [0, 0.1) is 17.1 Å². The summed E-state index contributed by atoms with van der Waals surface area (Å²) in [5.41, 5.74) is -0.291. The lowest BCUT2D eigenvalue weighted by Crippen LogP contribution is -2.35. The Morgan fingerprint density at radius 3 is 2.65 bits per heavy atom. The molecule has 0 bridgehead atoms. The van der Waals surface area contributed by atoms with Gasteiger partial charge >= 0.3 is 0 Å². The van der Waals surface area contributed by atoms with E-state index in [1.165, 1.54) is 6.07 Å². The lowest BCUT2D eigenvalue weighted by atomic mass is 10.2. The topological polar surface area (TPSA) is 132 Å². The van der Waals surface area contributed by atoms with Crippen LogP contribution in [0.5, 0.6) is 11.5 Å². The summed E-state index contributed by atoms with van der Waals surface area (Å²) in [7, 11) is -9.05. The van der Waals surface area contributed by atoms with Crippen molar-refractivity contribution in [2.45, 2.75) is 10.8 Å². The van der Waals surface area contributed by atoms with Gasteiger partial charge in [0.15, 0.2) is 26.5 Å². The van der Waals surface area contributed by atoms with Crippen LogP contribution >= 0.6 is 30.5 Å². The minimum Gasteiger partial charge on any atom is -0.768 e. The van der Waals surface area contributed by atoms with Crippen molar-refractivity contribution in [1.82, 2.24) is 4.72 Å². The molecule has 2 aromatic carbocycles. The number of halogens is 2. The van der Waals surface area contributed by atoms with Gasteiger partial charge in [0.2, 0.25) is 0 Å². The highest BCUT2D eigenvalue weighted by atomic mass is 35.5. The molecule has 1 N–H and O–H groups in total. The van der Waals surface area contributed by atoms with E-state index < -0.39 is 29.7 Å². The Hall–Kier alpha value is -3.04. The number of nitrogens with zero attached hydrogens (tertiary/aromatic N) is 2. The third-order valence-corrected chi connectivity index (χ3v) is 9.59. The second-order valence-corrected chi connectivity index (χ2v) is 12.8. The van der Waals surface area contributed by atoms with Crippen molar-refractivity contribution in [1.29, 1.82) is 5.26 Å². The fourth-order valence-electron chi connectivity index (χ4n) is 3.19. The molecule has 0 spiro atoms. The first kappa shape index (κ1) is 27.0. The fourth-order valence-corrected chi connectivity index (χ4v) is 7.44. The smallest absolute Gasteiger partial charge is 0.250 e. The van der Waals surface area contributed by atoms with Gasteiger partial charge in [-0.25, -0.2) is 22.1 Å². The van der Waals surface area contributed by atoms with Gasteiger partial charge in [-0.05, 0) is 30.3 Å². The monoisotopic (exact) mass is 581 g/mol. The van der Waals surface area contributed by atoms with E-state index in [4.69, 9.17) is 26.1 Å². The molecule has 1 unspecified atom stereocenters. The zero-order chi connectivity index (χ0) is 26.6. The number of aromatic nitrogens is 1. The maximum absolute atomic E-state index is 13.7. The van der Waals surface area contributed by atoms with Crippen LogP contribution in [0.15, 0.2) is 71.2 Å². The maximum atomic E-state index is 13.7. The molecular weight excluding hydrogens is 564 g/mol. The van der Waals surface area contributed by atoms with Crippen LogP contribution in [0.1, 0.15) is 5.56 Å². The molecule has 0 aliphatic rings. The number of nitriles is 1. The van der Waals surface area contributed by atoms with Gasteiger partial charge in [-0.15, -0.1) is 11.3 Å². The average Bonchev–Trinajstić information content (AvgIpc) is 3.31. The summed E-state index contributed by atoms with van der Waals surface area (Å²) in [6.45, 7) is 0.910. The van der Waals surface area contributed by atoms with Gasteiger partial charge in [0.1, 0.15) is 34.2 Å². The Kier molecular flexibility index (Phi) is 8.14. The number of thiophene rings is 1. The number of sulfonamides is 1. The molecule has 4 aromatic rings. The lowest BCUT2D eigenvalue weighted by molar-refractivity contribution is -0.697. The highest BCUT2D eigenvalue weighted by Crippen LogP contribution is 2.40. The highest BCUT2D eigenvalue weighted by molar-refractivity contribution is 7.92. The molecule has 0 saturated carbocycles. The summed E-state index contributed by atoms with van der Waals surface area (Å²) in [6.07, 6.45) is 2.71. The van der Waals surface area contributed by atoms with Crippen molar-refractivity contribution in [2.75, 3.05) is 12.9 Å². The largest absolute Gasteiger partial charge is 0.768 e. The molecule has 192 valence electrons. The quantitative estimate of drug-likeness (QED) is 0.222. The standard InChI is InChI=1S/C23H18ClFN3O6PS2/c24-23-18-13-22(36-21(18)7-6-20(23)33-11-10-28-8-2-1-3-9-28)37(31,32)27-15-35(29,30)34-17-5-4-16(14-26)19(25)12-17/h1-9,12-13,27H,10-11,15H2. The van der Waals surface area contributed by atoms with Gasteiger partial charge in [-0.3, -0.25) is 4.57 Å². The second kappa shape index (κ2) is 11.1. The normalized spacial score (nSPS) is 13.1. The van der Waals surface area contributed by atoms with Gasteiger partial charge in [0, 0.05) is 28.3 Å². The van der Waals surface area contributed by atoms with E-state index in [0.717, 1.165) is 29.5 Å². The number of fused-ring (bicyclic) bond motifs is 1. The zero-order valence-electron chi connectivity index (χ0n) is 18.8. The molecule has 2 aromatic heterocycles. The SMILES string of the molecule is N#Cc1ccc(OP(=O)([O-])CNS(=O)(=O)c2cc3c(Cl)c(OCC[n+]4ccccc4)ccc3s2)cc1F. The second-order valence-electron chi connectivity index (χ2n) is 7.58. The minimum atomic E-state index is -4.80. The average molecular weight is 582 g/mol. The summed E-state index contributed by atoms with van der Waals surface area (Å²) >= 11 is 7.36. The van der Waals surface area contributed by atoms with Crippen molar-refractivity contribution < 1.29 is 36.1 Å². The van der Waals surface area contributed by atoms with Crippen molar-refractivity contribution in [3.63, 3.8) is 0 Å². The van der Waals surface area contributed by atoms with Crippen LogP contribution in [-0.2, 0) is 21.1 Å². The molecule has 9 nitrogen and oxygen atoms in total. The molecule has 14 heteroatoms. The minimum absolute atomic E-state index is 0.161. The Morgan fingerprint density at radius 2 is 1.95 bits per heavy atom. The summed E-state index contributed by atoms with van der Waals surface area (Å²) in [5.74, 6) is -0.974. The number of hydrogen-bond acceptors (Lipinski definition) is 8. The van der Waals surface area contributed by atoms with Gasteiger partial charge in [0.25, 0.3) is 10.0 Å². The van der Waals surface area contributed by atoms with E-state index in [1.54, 1.807) is 18.2 Å². The molecule has 37 heavy (non-hydrogen) atoms. The summed E-state index contributed by atoms with van der Waals surface area (Å²) in [5, 5.41) is 9.42. The van der Waals surface area contributed by atoms with E-state index in [-0.39, 0.29) is 20.5 Å². The zero-order valence-corrected chi connectivity index (χ0v) is 22.1. The summed E-state index contributed by atoms with van der Waals surface area (Å²) in [4.78, 5) is 12.3. The van der Waals surface area contributed by atoms with Gasteiger partial charge in [-0.1, -0.05) is 17.7 Å². The summed E-state index contributed by atoms with van der Waals surface area (Å²) < 4.78 is 66.4. The van der Waals surface area contributed by atoms with E-state index in [0.29, 0.717) is 29.0 Å². The Balaban J connectivity index is 1.44. The first-order valence-corrected chi connectivity index (χ1v) is 15.0. The number of nitrogens with one attached hydrogen (secondary N) is 1. The van der Waals surface area contributed by atoms with Crippen LogP contribution in [0.2, 0.25) is 5.02 Å². The number of pyridine rings is 1. The van der Waals surface area contributed by atoms with Crippen molar-refractivity contribution in [2.24, 2.45) is 0 Å². The predicted octanol–water partition coefficient (Wildman–Crippen LogP) is 3.80. The first-order valence-electron chi connectivity index (χ1n) is 10.6. The Morgan fingerprint density at radius 1 is 1.19 bits per heavy atom. The molecule has 0 aliphatic carbocycles. The van der Waals surface area contributed by atoms with Crippen LogP contribution in [0.25, 0.3) is 10.1 Å². The number of ether oxygens (including phenoxy) is 1. The molecule has 0 amide bonds. The molecule has 0 fully saturated rings. The molecule has 4 rings (SSSR count). The Labute approximate surface area is 220 Å². The Bertz CT molecular complexity index is 1640. The number of rotatable bonds is 10. The highest BCUT2D eigenvalue weighted by Gasteiger charge is 2.23. The van der Waals surface area contributed by atoms with E-state index in [1.807, 2.05) is 39.9 Å². The van der Waals surface area contributed by atoms with Gasteiger partial charge in [0.05, 0.1) is 16.9 Å². The molecule has 0 saturated heterocycles. The van der Waals surface area contributed by atoms with Crippen LogP contribution in [0.3, 0.4) is 0 Å². The molecular formula is C23H18ClFN3O6PS2. The van der Waals surface area contributed by atoms with E-state index in [9.17, 15) is 22.3 Å². The number of hydrogen-bond donors (Lipinski definition) is 1. The maximum Gasteiger partial charge on any atom is 0.250 e. The molecule has 0 aliphatic heterocycles. The van der Waals surface area contributed by atoms with E-state index >= 15 is 0 Å². The van der Waals surface area contributed by atoms with Crippen molar-refractivity contribution >= 4 is 50.6 Å². The third-order valence-electron chi connectivity index (χ3n) is 4.98. The third kappa shape index (κ3) is 6.64. The first-order chi connectivity index (χ1) is 17.6. The summed E-state index contributed by atoms with van der Waals surface area (Å²) in [6, 6.07) is 14.8. The predicted molar refractivity (Wildman–Crippen MR) is 134 cm³/mol. The van der Waals surface area contributed by atoms with Crippen LogP contribution in [-0.4, -0.2) is 21.3 Å². The van der Waals surface area contributed by atoms with Gasteiger partial charge < -0.3 is 14.2 Å². The molecule has 2 heterocycles. The van der Waals surface area contributed by atoms with Crippen molar-refractivity contribution in [3.8, 4) is 17.6 Å². The fraction of sp³-hybridized carbons (Fsp3) is 0.130. The van der Waals surface area contributed by atoms with Crippen LogP contribution < -0.4 is 23.4 Å². The van der Waals surface area contributed by atoms with Crippen molar-refractivity contribution in [3.05, 3.63) is 83.4 Å². The molecule has 0 radical (unpaired) electrons. The van der Waals surface area contributed by atoms with E-state index in [2.05, 4.69) is 0 Å².